The third-order valence-electron chi connectivity index (χ3n) is 3.61. The van der Waals surface area contributed by atoms with Crippen molar-refractivity contribution >= 4 is 18.0 Å². The molecule has 0 saturated carbocycles. The molecule has 2 amide bonds. The van der Waals surface area contributed by atoms with E-state index in [0.29, 0.717) is 30.3 Å². The second kappa shape index (κ2) is 11.4. The van der Waals surface area contributed by atoms with E-state index in [1.165, 1.54) is 6.21 Å². The predicted octanol–water partition coefficient (Wildman–Crippen LogP) is 2.64. The monoisotopic (exact) mass is 383 g/mol. The van der Waals surface area contributed by atoms with E-state index in [4.69, 9.17) is 9.47 Å². The predicted molar refractivity (Wildman–Crippen MR) is 107 cm³/mol. The van der Waals surface area contributed by atoms with Gasteiger partial charge in [0.25, 0.3) is 0 Å². The molecule has 148 valence electrons. The molecule has 28 heavy (non-hydrogen) atoms. The molecule has 2 aromatic carbocycles. The van der Waals surface area contributed by atoms with Crippen LogP contribution in [0, 0.1) is 0 Å². The Balaban J connectivity index is 1.89. The number of ether oxygens (including phenoxy) is 2. The van der Waals surface area contributed by atoms with Gasteiger partial charge in [0.2, 0.25) is 0 Å². The van der Waals surface area contributed by atoms with E-state index in [2.05, 4.69) is 15.8 Å². The number of hydrogen-bond donors (Lipinski definition) is 2. The minimum atomic E-state index is -0.833. The van der Waals surface area contributed by atoms with Crippen LogP contribution in [0.3, 0.4) is 0 Å². The zero-order valence-electron chi connectivity index (χ0n) is 16.1. The second-order valence-electron chi connectivity index (χ2n) is 5.86. The smallest absolute Gasteiger partial charge is 0.329 e. The lowest BCUT2D eigenvalue weighted by Crippen LogP contribution is -2.37. The Labute approximate surface area is 164 Å². The molecule has 0 fully saturated rings. The standard InChI is InChI=1S/C21H25N3O4/c1-3-12-28-18-11-10-17(13-19(18)27-4-2)15-23-24-21(26)20(25)22-14-16-8-6-5-7-9-16/h5-11,13,15H,3-4,12,14H2,1-2H3,(H,22,25)(H,24,26)/b23-15-. The Morgan fingerprint density at radius 3 is 2.50 bits per heavy atom. The molecule has 0 spiro atoms. The molecular formula is C21H25N3O4. The summed E-state index contributed by atoms with van der Waals surface area (Å²) in [6.45, 7) is 5.29. The summed E-state index contributed by atoms with van der Waals surface area (Å²) >= 11 is 0. The van der Waals surface area contributed by atoms with Crippen LogP contribution in [-0.4, -0.2) is 31.2 Å². The molecule has 0 unspecified atom stereocenters. The number of carbonyl (C=O) groups is 2. The Morgan fingerprint density at radius 1 is 1.00 bits per heavy atom. The van der Waals surface area contributed by atoms with Crippen LogP contribution in [0.5, 0.6) is 11.5 Å². The van der Waals surface area contributed by atoms with Crippen LogP contribution in [-0.2, 0) is 16.1 Å². The molecule has 2 aromatic rings. The third kappa shape index (κ3) is 6.75. The van der Waals surface area contributed by atoms with Crippen molar-refractivity contribution in [1.82, 2.24) is 10.7 Å². The van der Waals surface area contributed by atoms with Crippen LogP contribution in [0.1, 0.15) is 31.4 Å². The molecule has 0 aliphatic carbocycles. The first-order valence-electron chi connectivity index (χ1n) is 9.18. The molecule has 0 bridgehead atoms. The maximum atomic E-state index is 11.8. The second-order valence-corrected chi connectivity index (χ2v) is 5.86. The van der Waals surface area contributed by atoms with Gasteiger partial charge in [0.05, 0.1) is 19.4 Å². The molecular weight excluding hydrogens is 358 g/mol. The van der Waals surface area contributed by atoms with E-state index in [9.17, 15) is 9.59 Å². The highest BCUT2D eigenvalue weighted by molar-refractivity contribution is 6.35. The van der Waals surface area contributed by atoms with Crippen LogP contribution >= 0.6 is 0 Å². The van der Waals surface area contributed by atoms with Gasteiger partial charge in [-0.1, -0.05) is 37.3 Å². The van der Waals surface area contributed by atoms with Crippen LogP contribution in [0.15, 0.2) is 53.6 Å². The molecule has 0 aliphatic rings. The Bertz CT molecular complexity index is 807. The first-order valence-corrected chi connectivity index (χ1v) is 9.18. The van der Waals surface area contributed by atoms with Gasteiger partial charge < -0.3 is 14.8 Å². The molecule has 2 N–H and O–H groups in total. The Kier molecular flexibility index (Phi) is 8.52. The molecule has 2 rings (SSSR count). The fraction of sp³-hybridized carbons (Fsp3) is 0.286. The van der Waals surface area contributed by atoms with Gasteiger partial charge in [-0.15, -0.1) is 0 Å². The average Bonchev–Trinajstić information content (AvgIpc) is 2.72. The molecule has 7 heteroatoms. The van der Waals surface area contributed by atoms with E-state index >= 15 is 0 Å². The average molecular weight is 383 g/mol. The summed E-state index contributed by atoms with van der Waals surface area (Å²) in [4.78, 5) is 23.6. The lowest BCUT2D eigenvalue weighted by atomic mass is 10.2. The van der Waals surface area contributed by atoms with E-state index in [1.54, 1.807) is 18.2 Å². The number of rotatable bonds is 9. The number of amides is 2. The number of benzene rings is 2. The van der Waals surface area contributed by atoms with Crippen LogP contribution in [0.4, 0.5) is 0 Å². The zero-order chi connectivity index (χ0) is 20.2. The summed E-state index contributed by atoms with van der Waals surface area (Å²) in [6, 6.07) is 14.7. The van der Waals surface area contributed by atoms with Crippen molar-refractivity contribution in [3.63, 3.8) is 0 Å². The van der Waals surface area contributed by atoms with E-state index in [1.807, 2.05) is 44.2 Å². The van der Waals surface area contributed by atoms with Gasteiger partial charge in [-0.3, -0.25) is 9.59 Å². The normalized spacial score (nSPS) is 10.5. The maximum Gasteiger partial charge on any atom is 0.329 e. The highest BCUT2D eigenvalue weighted by Gasteiger charge is 2.12. The molecule has 0 heterocycles. The van der Waals surface area contributed by atoms with Gasteiger partial charge in [-0.2, -0.15) is 5.10 Å². The molecule has 7 nitrogen and oxygen atoms in total. The topological polar surface area (TPSA) is 89.0 Å². The summed E-state index contributed by atoms with van der Waals surface area (Å²) in [5.74, 6) is -0.323. The van der Waals surface area contributed by atoms with Crippen molar-refractivity contribution in [2.75, 3.05) is 13.2 Å². The molecule has 0 aliphatic heterocycles. The summed E-state index contributed by atoms with van der Waals surface area (Å²) in [7, 11) is 0. The third-order valence-corrected chi connectivity index (χ3v) is 3.61. The van der Waals surface area contributed by atoms with Crippen LogP contribution in [0.25, 0.3) is 0 Å². The number of nitrogens with one attached hydrogen (secondary N) is 2. The van der Waals surface area contributed by atoms with Gasteiger partial charge in [0, 0.05) is 6.54 Å². The van der Waals surface area contributed by atoms with E-state index in [0.717, 1.165) is 12.0 Å². The largest absolute Gasteiger partial charge is 0.490 e. The quantitative estimate of drug-likeness (QED) is 0.396. The minimum Gasteiger partial charge on any atom is -0.490 e. The van der Waals surface area contributed by atoms with E-state index < -0.39 is 11.8 Å². The Morgan fingerprint density at radius 2 is 1.79 bits per heavy atom. The van der Waals surface area contributed by atoms with Gasteiger partial charge in [-0.25, -0.2) is 5.43 Å². The number of carbonyl (C=O) groups excluding carboxylic acids is 2. The first kappa shape index (κ1) is 21.0. The number of hydrazone groups is 1. The molecule has 0 radical (unpaired) electrons. The highest BCUT2D eigenvalue weighted by atomic mass is 16.5. The van der Waals surface area contributed by atoms with Crippen molar-refractivity contribution in [2.24, 2.45) is 5.10 Å². The van der Waals surface area contributed by atoms with Crippen LogP contribution in [0.2, 0.25) is 0 Å². The summed E-state index contributed by atoms with van der Waals surface area (Å²) in [5, 5.41) is 6.37. The summed E-state index contributed by atoms with van der Waals surface area (Å²) < 4.78 is 11.2. The summed E-state index contributed by atoms with van der Waals surface area (Å²) in [5.41, 5.74) is 3.82. The van der Waals surface area contributed by atoms with Crippen LogP contribution < -0.4 is 20.2 Å². The highest BCUT2D eigenvalue weighted by Crippen LogP contribution is 2.28. The molecule has 0 atom stereocenters. The van der Waals surface area contributed by atoms with Gasteiger partial charge in [0.15, 0.2) is 11.5 Å². The Hall–Kier alpha value is -3.35. The van der Waals surface area contributed by atoms with Gasteiger partial charge in [0.1, 0.15) is 0 Å². The molecule has 0 aromatic heterocycles. The zero-order valence-corrected chi connectivity index (χ0v) is 16.1. The SMILES string of the molecule is CCCOc1ccc(/C=N\NC(=O)C(=O)NCc2ccccc2)cc1OCC. The summed E-state index contributed by atoms with van der Waals surface area (Å²) in [6.07, 6.45) is 2.33. The van der Waals surface area contributed by atoms with Gasteiger partial charge in [-0.05, 0) is 42.7 Å². The minimum absolute atomic E-state index is 0.272. The van der Waals surface area contributed by atoms with Crippen molar-refractivity contribution in [2.45, 2.75) is 26.8 Å². The molecule has 0 saturated heterocycles. The van der Waals surface area contributed by atoms with Gasteiger partial charge >= 0.3 is 11.8 Å². The lowest BCUT2D eigenvalue weighted by Gasteiger charge is -2.11. The number of nitrogens with zero attached hydrogens (tertiary/aromatic N) is 1. The van der Waals surface area contributed by atoms with Crippen molar-refractivity contribution in [3.05, 3.63) is 59.7 Å². The number of hydrogen-bond acceptors (Lipinski definition) is 5. The maximum absolute atomic E-state index is 11.8. The lowest BCUT2D eigenvalue weighted by molar-refractivity contribution is -0.139. The van der Waals surface area contributed by atoms with Crippen molar-refractivity contribution in [3.8, 4) is 11.5 Å². The fourth-order valence-electron chi connectivity index (χ4n) is 2.28. The van der Waals surface area contributed by atoms with Crippen molar-refractivity contribution < 1.29 is 19.1 Å². The van der Waals surface area contributed by atoms with Crippen molar-refractivity contribution in [1.29, 1.82) is 0 Å². The fourth-order valence-corrected chi connectivity index (χ4v) is 2.28. The first-order chi connectivity index (χ1) is 13.6. The van der Waals surface area contributed by atoms with E-state index in [-0.39, 0.29) is 6.54 Å².